The first-order valence-electron chi connectivity index (χ1n) is 6.87. The average Bonchev–Trinajstić information content (AvgIpc) is 2.83. The van der Waals surface area contributed by atoms with Crippen LogP contribution in [-0.2, 0) is 9.84 Å². The Balaban J connectivity index is 2.00. The molecule has 8 heteroatoms. The predicted molar refractivity (Wildman–Crippen MR) is 80.6 cm³/mol. The van der Waals surface area contributed by atoms with Crippen molar-refractivity contribution in [2.75, 3.05) is 18.1 Å². The van der Waals surface area contributed by atoms with E-state index in [9.17, 15) is 8.42 Å². The number of aromatic nitrogens is 3. The van der Waals surface area contributed by atoms with Gasteiger partial charge in [-0.1, -0.05) is 11.6 Å². The van der Waals surface area contributed by atoms with E-state index in [2.05, 4.69) is 10.1 Å². The normalized spacial score (nSPS) is 19.0. The van der Waals surface area contributed by atoms with E-state index in [-0.39, 0.29) is 17.5 Å². The molecule has 0 aliphatic carbocycles. The van der Waals surface area contributed by atoms with Gasteiger partial charge in [-0.05, 0) is 19.8 Å². The first-order chi connectivity index (χ1) is 10.00. The monoisotopic (exact) mass is 329 g/mol. The lowest BCUT2D eigenvalue weighted by Gasteiger charge is -2.23. The lowest BCUT2D eigenvalue weighted by molar-refractivity contribution is 0.331. The predicted octanol–water partition coefficient (Wildman–Crippen LogP) is 2.23. The van der Waals surface area contributed by atoms with Gasteiger partial charge >= 0.3 is 0 Å². The van der Waals surface area contributed by atoms with Gasteiger partial charge in [0.1, 0.15) is 15.0 Å². The van der Waals surface area contributed by atoms with Crippen LogP contribution in [0, 0.1) is 0 Å². The van der Waals surface area contributed by atoms with Crippen LogP contribution in [0.1, 0.15) is 25.8 Å². The van der Waals surface area contributed by atoms with E-state index >= 15 is 0 Å². The summed E-state index contributed by atoms with van der Waals surface area (Å²) in [5.41, 5.74) is 0.836. The SMILES string of the molecule is CCOc1nc(Cl)cc2c1cnn2C1CCS(=O)(=O)CC1. The van der Waals surface area contributed by atoms with Crippen molar-refractivity contribution in [3.8, 4) is 5.88 Å². The van der Waals surface area contributed by atoms with Gasteiger partial charge in [0.05, 0.1) is 41.3 Å². The van der Waals surface area contributed by atoms with E-state index in [1.54, 1.807) is 12.3 Å². The molecule has 0 N–H and O–H groups in total. The molecule has 114 valence electrons. The smallest absolute Gasteiger partial charge is 0.226 e. The second-order valence-electron chi connectivity index (χ2n) is 5.09. The molecule has 0 amide bonds. The molecule has 3 heterocycles. The third-order valence-corrected chi connectivity index (χ3v) is 5.59. The first-order valence-corrected chi connectivity index (χ1v) is 9.07. The number of halogens is 1. The lowest BCUT2D eigenvalue weighted by Crippen LogP contribution is -2.26. The molecule has 0 atom stereocenters. The summed E-state index contributed by atoms with van der Waals surface area (Å²) < 4.78 is 30.4. The highest BCUT2D eigenvalue weighted by Crippen LogP contribution is 2.31. The van der Waals surface area contributed by atoms with Crippen LogP contribution in [0.2, 0.25) is 5.15 Å². The lowest BCUT2D eigenvalue weighted by atomic mass is 10.1. The number of sulfone groups is 1. The second-order valence-corrected chi connectivity index (χ2v) is 7.78. The van der Waals surface area contributed by atoms with Crippen LogP contribution >= 0.6 is 11.6 Å². The van der Waals surface area contributed by atoms with E-state index in [1.807, 2.05) is 11.6 Å². The Bertz CT molecular complexity index is 758. The number of pyridine rings is 1. The number of fused-ring (bicyclic) bond motifs is 1. The zero-order valence-corrected chi connectivity index (χ0v) is 13.2. The van der Waals surface area contributed by atoms with Gasteiger partial charge in [-0.25, -0.2) is 13.4 Å². The largest absolute Gasteiger partial charge is 0.477 e. The molecule has 0 saturated carbocycles. The molecular weight excluding hydrogens is 314 g/mol. The summed E-state index contributed by atoms with van der Waals surface area (Å²) in [5, 5.41) is 5.54. The Morgan fingerprint density at radius 1 is 1.43 bits per heavy atom. The minimum Gasteiger partial charge on any atom is -0.477 e. The molecule has 1 saturated heterocycles. The summed E-state index contributed by atoms with van der Waals surface area (Å²) in [5.74, 6) is 0.876. The quantitative estimate of drug-likeness (QED) is 0.807. The standard InChI is InChI=1S/C13H16ClN3O3S/c1-2-20-13-10-8-15-17(11(10)7-12(14)16-13)9-3-5-21(18,19)6-4-9/h7-9H,2-6H2,1H3. The molecule has 0 aromatic carbocycles. The Hall–Kier alpha value is -1.34. The molecule has 0 radical (unpaired) electrons. The van der Waals surface area contributed by atoms with Gasteiger partial charge in [0.2, 0.25) is 5.88 Å². The maximum atomic E-state index is 11.5. The number of hydrogen-bond donors (Lipinski definition) is 0. The van der Waals surface area contributed by atoms with Gasteiger partial charge in [-0.3, -0.25) is 4.68 Å². The second kappa shape index (κ2) is 5.46. The average molecular weight is 330 g/mol. The molecule has 1 aliphatic heterocycles. The fourth-order valence-electron chi connectivity index (χ4n) is 2.64. The van der Waals surface area contributed by atoms with E-state index in [0.717, 1.165) is 10.9 Å². The highest BCUT2D eigenvalue weighted by atomic mass is 35.5. The van der Waals surface area contributed by atoms with Gasteiger partial charge in [-0.15, -0.1) is 0 Å². The van der Waals surface area contributed by atoms with Crippen molar-refractivity contribution in [3.63, 3.8) is 0 Å². The summed E-state index contributed by atoms with van der Waals surface area (Å²) in [4.78, 5) is 4.17. The Morgan fingerprint density at radius 2 is 2.14 bits per heavy atom. The Labute approximate surface area is 128 Å². The maximum Gasteiger partial charge on any atom is 0.226 e. The molecular formula is C13H16ClN3O3S. The Kier molecular flexibility index (Phi) is 3.79. The van der Waals surface area contributed by atoms with Gasteiger partial charge < -0.3 is 4.74 Å². The highest BCUT2D eigenvalue weighted by molar-refractivity contribution is 7.91. The molecule has 2 aromatic heterocycles. The first kappa shape index (κ1) is 14.6. The molecule has 0 unspecified atom stereocenters. The minimum atomic E-state index is -2.89. The molecule has 21 heavy (non-hydrogen) atoms. The summed E-state index contributed by atoms with van der Waals surface area (Å²) in [6.45, 7) is 2.38. The summed E-state index contributed by atoms with van der Waals surface area (Å²) in [7, 11) is -2.89. The summed E-state index contributed by atoms with van der Waals surface area (Å²) in [6.07, 6.45) is 2.85. The van der Waals surface area contributed by atoms with Gasteiger partial charge in [-0.2, -0.15) is 5.10 Å². The van der Waals surface area contributed by atoms with Gasteiger partial charge in [0, 0.05) is 6.07 Å². The molecule has 3 rings (SSSR count). The highest BCUT2D eigenvalue weighted by Gasteiger charge is 2.26. The third-order valence-electron chi connectivity index (χ3n) is 3.68. The fourth-order valence-corrected chi connectivity index (χ4v) is 4.29. The van der Waals surface area contributed by atoms with Crippen LogP contribution in [0.4, 0.5) is 0 Å². The molecule has 1 fully saturated rings. The molecule has 0 bridgehead atoms. The van der Waals surface area contributed by atoms with Crippen molar-refractivity contribution in [2.24, 2.45) is 0 Å². The van der Waals surface area contributed by atoms with Gasteiger partial charge in [0.25, 0.3) is 0 Å². The van der Waals surface area contributed by atoms with Crippen LogP contribution in [0.25, 0.3) is 10.9 Å². The molecule has 0 spiro atoms. The number of ether oxygens (including phenoxy) is 1. The number of rotatable bonds is 3. The third kappa shape index (κ3) is 2.85. The summed E-state index contributed by atoms with van der Waals surface area (Å²) >= 11 is 6.04. The summed E-state index contributed by atoms with van der Waals surface area (Å²) in [6, 6.07) is 1.81. The van der Waals surface area contributed by atoms with E-state index in [1.165, 1.54) is 0 Å². The maximum absolute atomic E-state index is 11.5. The van der Waals surface area contributed by atoms with E-state index in [4.69, 9.17) is 16.3 Å². The zero-order chi connectivity index (χ0) is 15.0. The zero-order valence-electron chi connectivity index (χ0n) is 11.6. The van der Waals surface area contributed by atoms with Crippen LogP contribution < -0.4 is 4.74 Å². The van der Waals surface area contributed by atoms with Gasteiger partial charge in [0.15, 0.2) is 0 Å². The van der Waals surface area contributed by atoms with Crippen molar-refractivity contribution >= 4 is 32.3 Å². The van der Waals surface area contributed by atoms with E-state index in [0.29, 0.717) is 30.5 Å². The van der Waals surface area contributed by atoms with Crippen molar-refractivity contribution in [1.29, 1.82) is 0 Å². The van der Waals surface area contributed by atoms with Crippen LogP contribution in [-0.4, -0.2) is 41.3 Å². The van der Waals surface area contributed by atoms with Crippen molar-refractivity contribution < 1.29 is 13.2 Å². The van der Waals surface area contributed by atoms with Crippen LogP contribution in [0.3, 0.4) is 0 Å². The minimum absolute atomic E-state index is 0.0685. The van der Waals surface area contributed by atoms with Crippen molar-refractivity contribution in [1.82, 2.24) is 14.8 Å². The molecule has 6 nitrogen and oxygen atoms in total. The van der Waals surface area contributed by atoms with Crippen LogP contribution in [0.15, 0.2) is 12.3 Å². The van der Waals surface area contributed by atoms with E-state index < -0.39 is 9.84 Å². The number of nitrogens with zero attached hydrogens (tertiary/aromatic N) is 3. The molecule has 2 aromatic rings. The topological polar surface area (TPSA) is 74.1 Å². The number of hydrogen-bond acceptors (Lipinski definition) is 5. The van der Waals surface area contributed by atoms with Crippen molar-refractivity contribution in [3.05, 3.63) is 17.4 Å². The van der Waals surface area contributed by atoms with Crippen molar-refractivity contribution in [2.45, 2.75) is 25.8 Å². The van der Waals surface area contributed by atoms with Crippen LogP contribution in [0.5, 0.6) is 5.88 Å². The Morgan fingerprint density at radius 3 is 2.81 bits per heavy atom. The molecule has 1 aliphatic rings. The fraction of sp³-hybridized carbons (Fsp3) is 0.538.